The van der Waals surface area contributed by atoms with E-state index in [0.717, 1.165) is 47.3 Å². The number of halogens is 2. The maximum absolute atomic E-state index is 13.3. The van der Waals surface area contributed by atoms with E-state index in [1.807, 2.05) is 12.1 Å². The summed E-state index contributed by atoms with van der Waals surface area (Å²) in [5.41, 5.74) is 0.916. The predicted octanol–water partition coefficient (Wildman–Crippen LogP) is 4.21. The highest BCUT2D eigenvalue weighted by molar-refractivity contribution is 9.10. The van der Waals surface area contributed by atoms with Gasteiger partial charge in [-0.15, -0.1) is 11.3 Å². The first-order valence-electron chi connectivity index (χ1n) is 11.8. The van der Waals surface area contributed by atoms with Gasteiger partial charge in [0.05, 0.1) is 24.0 Å². The fourth-order valence-electron chi connectivity index (χ4n) is 4.70. The summed E-state index contributed by atoms with van der Waals surface area (Å²) in [6.45, 7) is 1.92. The molecular formula is C24H28BrFN4O3S. The average Bonchev–Trinajstić information content (AvgIpc) is 3.21. The molecule has 3 heterocycles. The van der Waals surface area contributed by atoms with Gasteiger partial charge in [-0.05, 0) is 46.5 Å². The number of amides is 2. The van der Waals surface area contributed by atoms with Gasteiger partial charge in [0.15, 0.2) is 0 Å². The lowest BCUT2D eigenvalue weighted by Crippen LogP contribution is -2.48. The number of carbonyl (C=O) groups excluding carboxylic acids is 2. The molecule has 2 aromatic rings. The van der Waals surface area contributed by atoms with Gasteiger partial charge in [-0.3, -0.25) is 9.59 Å². The predicted molar refractivity (Wildman–Crippen MR) is 132 cm³/mol. The summed E-state index contributed by atoms with van der Waals surface area (Å²) < 4.78 is 19.9. The van der Waals surface area contributed by atoms with E-state index in [2.05, 4.69) is 36.4 Å². The topological polar surface area (TPSA) is 83.6 Å². The number of alkyl halides is 1. The van der Waals surface area contributed by atoms with Crippen LogP contribution in [-0.4, -0.2) is 48.2 Å². The van der Waals surface area contributed by atoms with E-state index in [9.17, 15) is 14.0 Å². The van der Waals surface area contributed by atoms with Crippen molar-refractivity contribution in [2.24, 2.45) is 5.92 Å². The molecule has 0 saturated heterocycles. The molecule has 2 N–H and O–H groups in total. The minimum atomic E-state index is -0.965. The Morgan fingerprint density at radius 3 is 2.88 bits per heavy atom. The van der Waals surface area contributed by atoms with Gasteiger partial charge in [-0.25, -0.2) is 9.37 Å². The molecule has 0 unspecified atom stereocenters. The van der Waals surface area contributed by atoms with E-state index in [-0.39, 0.29) is 11.8 Å². The monoisotopic (exact) mass is 550 g/mol. The van der Waals surface area contributed by atoms with Crippen molar-refractivity contribution in [3.63, 3.8) is 0 Å². The van der Waals surface area contributed by atoms with Crippen molar-refractivity contribution >= 4 is 44.8 Å². The summed E-state index contributed by atoms with van der Waals surface area (Å²) in [5, 5.41) is 5.69. The Morgan fingerprint density at radius 1 is 1.32 bits per heavy atom. The van der Waals surface area contributed by atoms with Gasteiger partial charge in [-0.2, -0.15) is 0 Å². The second kappa shape index (κ2) is 10.2. The largest absolute Gasteiger partial charge is 0.474 e. The number of fused-ring (bicyclic) bond motifs is 1. The van der Waals surface area contributed by atoms with Crippen LogP contribution >= 0.6 is 27.3 Å². The van der Waals surface area contributed by atoms with Crippen molar-refractivity contribution in [2.75, 3.05) is 18.1 Å². The molecule has 0 aromatic carbocycles. The molecule has 0 spiro atoms. The third-order valence-electron chi connectivity index (χ3n) is 6.68. The van der Waals surface area contributed by atoms with Crippen molar-refractivity contribution in [3.8, 4) is 5.88 Å². The third kappa shape index (κ3) is 5.54. The lowest BCUT2D eigenvalue weighted by Gasteiger charge is -2.30. The van der Waals surface area contributed by atoms with Crippen LogP contribution in [-0.2, 0) is 11.3 Å². The van der Waals surface area contributed by atoms with Crippen molar-refractivity contribution in [1.29, 1.82) is 0 Å². The van der Waals surface area contributed by atoms with Crippen LogP contribution in [0.3, 0.4) is 0 Å². The lowest BCUT2D eigenvalue weighted by atomic mass is 9.97. The lowest BCUT2D eigenvalue weighted by molar-refractivity contribution is -0.123. The number of ether oxygens (including phenoxy) is 1. The maximum atomic E-state index is 13.3. The second-order valence-electron chi connectivity index (χ2n) is 9.29. The van der Waals surface area contributed by atoms with Crippen LogP contribution in [0, 0.1) is 5.92 Å². The van der Waals surface area contributed by atoms with Gasteiger partial charge in [-0.1, -0.05) is 25.7 Å². The number of hydrogen-bond acceptors (Lipinski definition) is 6. The zero-order valence-corrected chi connectivity index (χ0v) is 21.2. The molecule has 34 heavy (non-hydrogen) atoms. The van der Waals surface area contributed by atoms with Crippen molar-refractivity contribution < 1.29 is 18.7 Å². The molecule has 182 valence electrons. The fourth-order valence-corrected chi connectivity index (χ4v) is 5.95. The Morgan fingerprint density at radius 2 is 2.12 bits per heavy atom. The molecule has 0 bridgehead atoms. The van der Waals surface area contributed by atoms with Crippen LogP contribution in [0.2, 0.25) is 0 Å². The van der Waals surface area contributed by atoms with E-state index in [1.165, 1.54) is 11.3 Å². The SMILES string of the molecule is O=C(N[C@@H](CC1CCCC1)C(=O)N[C@@H]1C[C@@H]1F)c1ccc(CN2CCOc3ncc(Br)cc32)s1. The highest BCUT2D eigenvalue weighted by Gasteiger charge is 2.40. The first-order valence-corrected chi connectivity index (χ1v) is 13.4. The summed E-state index contributed by atoms with van der Waals surface area (Å²) in [6, 6.07) is 4.69. The van der Waals surface area contributed by atoms with Gasteiger partial charge in [0.25, 0.3) is 5.91 Å². The van der Waals surface area contributed by atoms with Gasteiger partial charge in [0.2, 0.25) is 11.8 Å². The molecular weight excluding hydrogens is 523 g/mol. The third-order valence-corrected chi connectivity index (χ3v) is 8.18. The quantitative estimate of drug-likeness (QED) is 0.514. The van der Waals surface area contributed by atoms with Crippen LogP contribution in [0.15, 0.2) is 28.9 Å². The molecule has 2 amide bonds. The molecule has 0 radical (unpaired) electrons. The molecule has 1 aliphatic heterocycles. The summed E-state index contributed by atoms with van der Waals surface area (Å²) in [4.78, 5) is 33.9. The molecule has 2 aromatic heterocycles. The fraction of sp³-hybridized carbons (Fsp3) is 0.542. The summed E-state index contributed by atoms with van der Waals surface area (Å²) >= 11 is 4.88. The number of anilines is 1. The first kappa shape index (κ1) is 23.5. The number of nitrogens with zero attached hydrogens (tertiary/aromatic N) is 2. The number of pyridine rings is 1. The normalized spacial score (nSPS) is 22.6. The Labute approximate surface area is 210 Å². The van der Waals surface area contributed by atoms with E-state index in [0.29, 0.717) is 42.7 Å². The molecule has 10 heteroatoms. The second-order valence-corrected chi connectivity index (χ2v) is 11.4. The summed E-state index contributed by atoms with van der Waals surface area (Å²) in [6.07, 6.45) is 6.18. The molecule has 2 aliphatic carbocycles. The zero-order chi connectivity index (χ0) is 23.7. The molecule has 2 saturated carbocycles. The summed E-state index contributed by atoms with van der Waals surface area (Å²) in [5.74, 6) is 0.500. The number of aromatic nitrogens is 1. The van der Waals surface area contributed by atoms with E-state index < -0.39 is 18.3 Å². The van der Waals surface area contributed by atoms with Crippen LogP contribution in [0.5, 0.6) is 5.88 Å². The van der Waals surface area contributed by atoms with E-state index in [4.69, 9.17) is 4.74 Å². The summed E-state index contributed by atoms with van der Waals surface area (Å²) in [7, 11) is 0. The van der Waals surface area contributed by atoms with Crippen molar-refractivity contribution in [3.05, 3.63) is 38.6 Å². The van der Waals surface area contributed by atoms with Crippen LogP contribution in [0.4, 0.5) is 10.1 Å². The van der Waals surface area contributed by atoms with Gasteiger partial charge in [0, 0.05) is 22.0 Å². The average molecular weight is 551 g/mol. The zero-order valence-electron chi connectivity index (χ0n) is 18.8. The van der Waals surface area contributed by atoms with Crippen molar-refractivity contribution in [1.82, 2.24) is 15.6 Å². The smallest absolute Gasteiger partial charge is 0.262 e. The molecule has 3 aliphatic rings. The number of hydrogen-bond donors (Lipinski definition) is 2. The molecule has 5 rings (SSSR count). The van der Waals surface area contributed by atoms with Crippen LogP contribution < -0.4 is 20.3 Å². The minimum absolute atomic E-state index is 0.256. The maximum Gasteiger partial charge on any atom is 0.262 e. The van der Waals surface area contributed by atoms with Crippen LogP contribution in [0.25, 0.3) is 0 Å². The van der Waals surface area contributed by atoms with Gasteiger partial charge < -0.3 is 20.3 Å². The first-order chi connectivity index (χ1) is 16.5. The van der Waals surface area contributed by atoms with Crippen molar-refractivity contribution in [2.45, 2.75) is 63.3 Å². The molecule has 2 fully saturated rings. The van der Waals surface area contributed by atoms with Gasteiger partial charge >= 0.3 is 0 Å². The highest BCUT2D eigenvalue weighted by Crippen LogP contribution is 2.34. The Balaban J connectivity index is 1.24. The highest BCUT2D eigenvalue weighted by atomic mass is 79.9. The number of rotatable bonds is 8. The number of nitrogens with one attached hydrogen (secondary N) is 2. The van der Waals surface area contributed by atoms with Crippen LogP contribution in [0.1, 0.15) is 53.1 Å². The van der Waals surface area contributed by atoms with E-state index >= 15 is 0 Å². The Bertz CT molecular complexity index is 1060. The van der Waals surface area contributed by atoms with E-state index in [1.54, 1.807) is 12.3 Å². The number of carbonyl (C=O) groups is 2. The molecule has 7 nitrogen and oxygen atoms in total. The Kier molecular flexibility index (Phi) is 7.06. The Hall–Kier alpha value is -2.20. The molecule has 3 atom stereocenters. The standard InChI is InChI=1S/C24H28BrFN4O3S/c25-15-10-20-24(27-12-15)33-8-7-30(20)13-16-5-6-21(34-16)23(32)29-19(9-14-3-1-2-4-14)22(31)28-18-11-17(18)26/h5-6,10,12,14,17-19H,1-4,7-9,11,13H2,(H,28,31)(H,29,32)/t17-,18+,19-/m0/s1. The minimum Gasteiger partial charge on any atom is -0.474 e. The van der Waals surface area contributed by atoms with Gasteiger partial charge in [0.1, 0.15) is 24.5 Å². The number of thiophene rings is 1.